The number of ether oxygens (including phenoxy) is 1. The molecule has 0 aromatic rings. The SMILES string of the molecule is O=C(O)CN(CC(=O)O)C(=O)/C=C\C(=O)N(CC(=O)O)CC(=O)OC(CC(=O)N(CC(=O)O)CC(=O)O)C(=O)N(CC(=O)O)CC(=O)O. The Hall–Kier alpha value is -6.62. The van der Waals surface area contributed by atoms with E-state index in [4.69, 9.17) is 40.5 Å². The number of amides is 4. The van der Waals surface area contributed by atoms with Gasteiger partial charge in [0.1, 0.15) is 52.4 Å². The van der Waals surface area contributed by atoms with Gasteiger partial charge in [-0.25, -0.2) is 0 Å². The van der Waals surface area contributed by atoms with Gasteiger partial charge in [-0.05, 0) is 0 Å². The molecular weight excluding hydrogens is 664 g/mol. The highest BCUT2D eigenvalue weighted by Crippen LogP contribution is 2.10. The number of carboxylic acid groups (broad SMARTS) is 7. The third-order valence-corrected chi connectivity index (χ3v) is 5.17. The topological polar surface area (TPSA) is 369 Å². The van der Waals surface area contributed by atoms with E-state index in [-0.39, 0.29) is 19.6 Å². The monoisotopic (exact) mass is 692 g/mol. The second kappa shape index (κ2) is 19.7. The van der Waals surface area contributed by atoms with E-state index in [9.17, 15) is 57.5 Å². The van der Waals surface area contributed by atoms with Gasteiger partial charge in [-0.2, -0.15) is 0 Å². The molecule has 0 bridgehead atoms. The largest absolute Gasteiger partial charge is 0.480 e. The Balaban J connectivity index is 6.37. The highest BCUT2D eigenvalue weighted by atomic mass is 16.6. The van der Waals surface area contributed by atoms with Gasteiger partial charge in [0, 0.05) is 12.2 Å². The van der Waals surface area contributed by atoms with Crippen molar-refractivity contribution in [2.24, 2.45) is 0 Å². The van der Waals surface area contributed by atoms with Gasteiger partial charge >= 0.3 is 47.8 Å². The molecule has 0 aromatic carbocycles. The number of rotatable bonds is 22. The summed E-state index contributed by atoms with van der Waals surface area (Å²) in [6.07, 6.45) is -3.23. The Morgan fingerprint density at radius 2 is 0.729 bits per heavy atom. The van der Waals surface area contributed by atoms with Gasteiger partial charge in [0.25, 0.3) is 5.91 Å². The molecular formula is C24H28N4O20. The Morgan fingerprint density at radius 3 is 1.06 bits per heavy atom. The van der Waals surface area contributed by atoms with Crippen LogP contribution in [0.15, 0.2) is 12.2 Å². The molecule has 0 aliphatic rings. The maximum absolute atomic E-state index is 13.1. The number of nitrogens with zero attached hydrogens (tertiary/aromatic N) is 4. The lowest BCUT2D eigenvalue weighted by Gasteiger charge is -2.27. The van der Waals surface area contributed by atoms with E-state index in [0.717, 1.165) is 0 Å². The smallest absolute Gasteiger partial charge is 0.326 e. The third kappa shape index (κ3) is 17.0. The standard InChI is InChI=1S/C24H28N4O20/c29-13(25(4-16(32)33)5-17(34)35)1-2-14(30)27(8-20(40)41)11-23(46)48-12(24(47)28(9-21(42)43)10-22(44)45)3-15(31)26(6-18(36)37)7-19(38)39/h1-2,12H,3-11H2,(H,32,33)(H,34,35)(H,36,37)(H,38,39)(H,40,41)(H,42,43)(H,44,45)/b2-1-. The molecule has 0 saturated carbocycles. The molecule has 24 nitrogen and oxygen atoms in total. The van der Waals surface area contributed by atoms with Crippen LogP contribution in [-0.2, 0) is 62.3 Å². The average Bonchev–Trinajstić information content (AvgIpc) is 2.91. The molecule has 0 aliphatic carbocycles. The molecule has 0 heterocycles. The number of aliphatic carboxylic acids is 7. The highest BCUT2D eigenvalue weighted by Gasteiger charge is 2.35. The molecule has 264 valence electrons. The van der Waals surface area contributed by atoms with Crippen molar-refractivity contribution in [2.75, 3.05) is 52.4 Å². The molecule has 7 N–H and O–H groups in total. The van der Waals surface area contributed by atoms with Gasteiger partial charge in [0.15, 0.2) is 6.10 Å². The van der Waals surface area contributed by atoms with Crippen LogP contribution in [0.1, 0.15) is 6.42 Å². The summed E-state index contributed by atoms with van der Waals surface area (Å²) >= 11 is 0. The molecule has 0 fully saturated rings. The van der Waals surface area contributed by atoms with Gasteiger partial charge in [0.05, 0.1) is 6.42 Å². The summed E-state index contributed by atoms with van der Waals surface area (Å²) < 4.78 is 4.83. The number of carboxylic acids is 7. The second-order valence-electron chi connectivity index (χ2n) is 9.10. The Morgan fingerprint density at radius 1 is 0.438 bits per heavy atom. The van der Waals surface area contributed by atoms with E-state index in [1.165, 1.54) is 0 Å². The Kier molecular flexibility index (Phi) is 17.0. The number of carbonyl (C=O) groups excluding carboxylic acids is 5. The first kappa shape index (κ1) is 41.4. The molecule has 0 aliphatic heterocycles. The van der Waals surface area contributed by atoms with Crippen molar-refractivity contribution in [3.63, 3.8) is 0 Å². The number of hydrogen-bond acceptors (Lipinski definition) is 13. The highest BCUT2D eigenvalue weighted by molar-refractivity contribution is 6.00. The molecule has 0 aromatic heterocycles. The predicted molar refractivity (Wildman–Crippen MR) is 143 cm³/mol. The van der Waals surface area contributed by atoms with Gasteiger partial charge in [-0.3, -0.25) is 57.5 Å². The van der Waals surface area contributed by atoms with Gasteiger partial charge in [-0.1, -0.05) is 0 Å². The van der Waals surface area contributed by atoms with Gasteiger partial charge < -0.3 is 60.1 Å². The molecule has 1 unspecified atom stereocenters. The van der Waals surface area contributed by atoms with Crippen LogP contribution in [-0.4, -0.2) is 185 Å². The zero-order chi connectivity index (χ0) is 37.3. The lowest BCUT2D eigenvalue weighted by atomic mass is 10.2. The summed E-state index contributed by atoms with van der Waals surface area (Å²) in [5.41, 5.74) is 0. The van der Waals surface area contributed by atoms with E-state index in [1.807, 2.05) is 0 Å². The van der Waals surface area contributed by atoms with E-state index in [0.29, 0.717) is 12.2 Å². The molecule has 4 amide bonds. The summed E-state index contributed by atoms with van der Waals surface area (Å²) in [7, 11) is 0. The number of hydrogen-bond donors (Lipinski definition) is 7. The second-order valence-corrected chi connectivity index (χ2v) is 9.10. The first-order chi connectivity index (χ1) is 22.1. The van der Waals surface area contributed by atoms with Crippen LogP contribution in [0.2, 0.25) is 0 Å². The van der Waals surface area contributed by atoms with E-state index < -0.39 is 136 Å². The maximum atomic E-state index is 13.1. The first-order valence-electron chi connectivity index (χ1n) is 12.7. The number of carbonyl (C=O) groups is 12. The molecule has 0 rings (SSSR count). The van der Waals surface area contributed by atoms with E-state index in [2.05, 4.69) is 0 Å². The summed E-state index contributed by atoms with van der Waals surface area (Å²) in [5.74, 6) is -19.8. The molecule has 0 radical (unpaired) electrons. The quantitative estimate of drug-likeness (QED) is 0.0411. The van der Waals surface area contributed by atoms with Crippen LogP contribution in [0.5, 0.6) is 0 Å². The summed E-state index contributed by atoms with van der Waals surface area (Å²) in [6, 6.07) is 0. The van der Waals surface area contributed by atoms with Crippen LogP contribution in [0.25, 0.3) is 0 Å². The van der Waals surface area contributed by atoms with Crippen LogP contribution in [0, 0.1) is 0 Å². The molecule has 48 heavy (non-hydrogen) atoms. The lowest BCUT2D eigenvalue weighted by Crippen LogP contribution is -2.49. The van der Waals surface area contributed by atoms with Gasteiger partial charge in [-0.15, -0.1) is 0 Å². The van der Waals surface area contributed by atoms with Crippen LogP contribution in [0.4, 0.5) is 0 Å². The van der Waals surface area contributed by atoms with E-state index >= 15 is 0 Å². The summed E-state index contributed by atoms with van der Waals surface area (Å²) in [6.45, 7) is -10.2. The van der Waals surface area contributed by atoms with Crippen molar-refractivity contribution < 1.29 is 98.0 Å². The van der Waals surface area contributed by atoms with Crippen LogP contribution >= 0.6 is 0 Å². The van der Waals surface area contributed by atoms with Crippen molar-refractivity contribution in [1.29, 1.82) is 0 Å². The van der Waals surface area contributed by atoms with Gasteiger partial charge in [0.2, 0.25) is 17.7 Å². The maximum Gasteiger partial charge on any atom is 0.326 e. The lowest BCUT2D eigenvalue weighted by molar-refractivity contribution is -0.167. The third-order valence-electron chi connectivity index (χ3n) is 5.17. The normalized spacial score (nSPS) is 11.0. The number of esters is 1. The van der Waals surface area contributed by atoms with Crippen molar-refractivity contribution in [1.82, 2.24) is 19.6 Å². The van der Waals surface area contributed by atoms with Crippen molar-refractivity contribution >= 4 is 71.4 Å². The molecule has 24 heteroatoms. The van der Waals surface area contributed by atoms with Crippen molar-refractivity contribution in [2.45, 2.75) is 12.5 Å². The van der Waals surface area contributed by atoms with E-state index in [1.54, 1.807) is 0 Å². The van der Waals surface area contributed by atoms with Crippen LogP contribution in [0.3, 0.4) is 0 Å². The summed E-state index contributed by atoms with van der Waals surface area (Å²) in [4.78, 5) is 142. The van der Waals surface area contributed by atoms with Crippen molar-refractivity contribution in [3.8, 4) is 0 Å². The minimum Gasteiger partial charge on any atom is -0.480 e. The average molecular weight is 692 g/mol. The predicted octanol–water partition coefficient (Wildman–Crippen LogP) is -5.25. The molecule has 0 spiro atoms. The Labute approximate surface area is 266 Å². The Bertz CT molecular complexity index is 1320. The molecule has 0 saturated heterocycles. The minimum atomic E-state index is -2.49. The zero-order valence-corrected chi connectivity index (χ0v) is 24.3. The fourth-order valence-electron chi connectivity index (χ4n) is 3.39. The fraction of sp³-hybridized carbons (Fsp3) is 0.417. The molecule has 1 atom stereocenters. The zero-order valence-electron chi connectivity index (χ0n) is 24.3. The van der Waals surface area contributed by atoms with Crippen LogP contribution < -0.4 is 0 Å². The summed E-state index contributed by atoms with van der Waals surface area (Å²) in [5, 5.41) is 62.9. The first-order valence-corrected chi connectivity index (χ1v) is 12.7. The minimum absolute atomic E-state index is 0.0726. The van der Waals surface area contributed by atoms with Crippen molar-refractivity contribution in [3.05, 3.63) is 12.2 Å². The fourth-order valence-corrected chi connectivity index (χ4v) is 3.39.